The molecule has 3 aromatic heterocycles. The number of urea groups is 3. The number of amides is 8. The van der Waals surface area contributed by atoms with Crippen LogP contribution in [-0.2, 0) is 101 Å². The lowest BCUT2D eigenvalue weighted by Crippen LogP contribution is -2.49. The Kier molecular flexibility index (Phi) is 51.3. The van der Waals surface area contributed by atoms with Gasteiger partial charge < -0.3 is 84.9 Å². The molecule has 0 aliphatic carbocycles. The molecule has 3 heterocycles. The summed E-state index contributed by atoms with van der Waals surface area (Å²) in [6.45, 7) is 59.8. The molecular formula is C112H169N11O18S3Si3. The predicted octanol–water partition coefficient (Wildman–Crippen LogP) is 23.0. The standard InChI is InChI=1S/2C27H43N3O4SSi.C22H31N3O3S.C16H27NO2Si.C10H13NO2.C10H12O3/c2*1-18(2)23(25(31)33-8)29-26(32)30(7)16-21-17-35-24(28-21)19(3)15-20-11-13-22(14-12-20)34-36(9,10)27(4,5)6;1-14(2)19(21(26)28-6)24-22(27)25(5)12-18-13-29-20(23-18)16(4)11-17-9-7-15(3)8-10-17;1-12(15(17)18)11-13-7-9-14(10-8-13)19-20(5,6)16(2,3)4;1-7(10(11)13)6-8-2-4-9(12)5-3-8;1-7(10(12)13)6-8-2-4-9(11)5-3-8/h2*11-14,17-19,23H,15-16H2,1-10H3,(H,29,32);7-10,13-14,16,19H,11-12H2,1-6H3,(H,24,27);7-10,12H,11H2,1-6H3,(H2,17,18);2-5,7,12H,6H2,1H3,(H2,11,13);2-5,7,11H,6H2,1H3,(H,12,13)/t2*19?,23-;16?,19-;;;/m000.../s1. The molecule has 35 heteroatoms. The summed E-state index contributed by atoms with van der Waals surface area (Å²) < 4.78 is 33.4. The van der Waals surface area contributed by atoms with E-state index in [1.807, 2.05) is 88.9 Å². The number of esters is 3. The maximum absolute atomic E-state index is 12.6. The normalized spacial score (nSPS) is 13.4. The van der Waals surface area contributed by atoms with E-state index in [1.54, 1.807) is 118 Å². The van der Waals surface area contributed by atoms with Crippen LogP contribution in [-0.4, -0.2) is 184 Å². The lowest BCUT2D eigenvalue weighted by atomic mass is 10.0. The molecule has 0 bridgehead atoms. The predicted molar refractivity (Wildman–Crippen MR) is 599 cm³/mol. The number of nitrogens with zero attached hydrogens (tertiary/aromatic N) is 6. The molecule has 810 valence electrons. The monoisotopic (exact) mass is 2140 g/mol. The number of hydrogen-bond donors (Lipinski definition) is 8. The van der Waals surface area contributed by atoms with Gasteiger partial charge in [-0.15, -0.1) is 34.0 Å². The van der Waals surface area contributed by atoms with Crippen molar-refractivity contribution in [2.24, 2.45) is 47.0 Å². The SMILES string of the molecule is CC(Cc1ccc(O)cc1)C(=O)O.CC(Cc1ccc(O)cc1)C(N)=O.CC(Cc1ccc(O[Si](C)(C)C(C)(C)C)cc1)C(N)=O.COC(=O)[C@@H](NC(=O)N(C)Cc1csc(C(C)Cc2ccc(C)cc2)n1)C(C)C.COC(=O)[C@@H](NC(=O)N(C)Cc1csc(C(C)Cc2ccc(O[Si](C)(C)C(C)(C)C)cc2)n1)C(C)C.COC(=O)[C@@H](NC(=O)N(C)Cc1csc(C(C)Cc2ccc(O[Si](C)(C)C(C)(C)C)cc2)n1)C(C)C. The van der Waals surface area contributed by atoms with Crippen molar-refractivity contribution in [2.45, 2.75) is 301 Å². The molecule has 0 spiro atoms. The maximum atomic E-state index is 12.6. The van der Waals surface area contributed by atoms with Gasteiger partial charge in [0.25, 0.3) is 0 Å². The van der Waals surface area contributed by atoms with E-state index in [0.717, 1.165) is 85.3 Å². The molecule has 29 nitrogen and oxygen atoms in total. The number of nitrogens with two attached hydrogens (primary N) is 2. The Labute approximate surface area is 890 Å². The van der Waals surface area contributed by atoms with Crippen molar-refractivity contribution in [1.29, 1.82) is 0 Å². The number of primary amides is 2. The lowest BCUT2D eigenvalue weighted by molar-refractivity contribution is -0.144. The number of phenolic OH excluding ortho intramolecular Hbond substituents is 2. The van der Waals surface area contributed by atoms with Gasteiger partial charge in [0.05, 0.1) is 79.0 Å². The number of rotatable bonds is 39. The fraction of sp³-hybridized carbons (Fsp3) is 0.518. The van der Waals surface area contributed by atoms with Crippen molar-refractivity contribution < 1.29 is 86.0 Å². The molecule has 147 heavy (non-hydrogen) atoms. The van der Waals surface area contributed by atoms with Crippen LogP contribution < -0.4 is 40.7 Å². The van der Waals surface area contributed by atoms with Gasteiger partial charge in [-0.1, -0.05) is 236 Å². The van der Waals surface area contributed by atoms with Crippen LogP contribution in [0.5, 0.6) is 28.7 Å². The Morgan fingerprint density at radius 2 is 0.565 bits per heavy atom. The molecule has 6 unspecified atom stereocenters. The highest BCUT2D eigenvalue weighted by molar-refractivity contribution is 7.10. The minimum Gasteiger partial charge on any atom is -0.544 e. The van der Waals surface area contributed by atoms with Gasteiger partial charge in [0.2, 0.25) is 36.8 Å². The largest absolute Gasteiger partial charge is 0.544 e. The third kappa shape index (κ3) is 44.1. The number of carbonyl (C=O) groups excluding carboxylic acids is 8. The summed E-state index contributed by atoms with van der Waals surface area (Å²) in [6, 6.07) is 43.7. The second kappa shape index (κ2) is 59.0. The Hall–Kier alpha value is -11.5. The first-order chi connectivity index (χ1) is 68.2. The van der Waals surface area contributed by atoms with Crippen LogP contribution in [0, 0.1) is 42.4 Å². The Morgan fingerprint density at radius 3 is 0.769 bits per heavy atom. The molecule has 6 aromatic carbocycles. The molecule has 9 atom stereocenters. The van der Waals surface area contributed by atoms with E-state index >= 15 is 0 Å². The molecule has 9 aromatic rings. The molecule has 0 aliphatic rings. The average Bonchev–Trinajstić information content (AvgIpc) is 1.30. The van der Waals surface area contributed by atoms with Crippen LogP contribution in [0.2, 0.25) is 54.4 Å². The number of hydrogen-bond acceptors (Lipinski definition) is 23. The van der Waals surface area contributed by atoms with Crippen molar-refractivity contribution >= 4 is 113 Å². The maximum Gasteiger partial charge on any atom is 0.328 e. The van der Waals surface area contributed by atoms with E-state index in [0.29, 0.717) is 44.8 Å². The zero-order valence-corrected chi connectivity index (χ0v) is 98.9. The van der Waals surface area contributed by atoms with Crippen molar-refractivity contribution in [3.8, 4) is 28.7 Å². The summed E-state index contributed by atoms with van der Waals surface area (Å²) in [5, 5.41) is 44.5. The highest BCUT2D eigenvalue weighted by Crippen LogP contribution is 2.41. The van der Waals surface area contributed by atoms with Gasteiger partial charge in [0.1, 0.15) is 46.9 Å². The number of nitrogens with one attached hydrogen (secondary N) is 3. The van der Waals surface area contributed by atoms with Crippen LogP contribution in [0.4, 0.5) is 14.4 Å². The molecule has 8 amide bonds. The van der Waals surface area contributed by atoms with Crippen LogP contribution >= 0.6 is 34.0 Å². The van der Waals surface area contributed by atoms with E-state index in [-0.39, 0.29) is 104 Å². The van der Waals surface area contributed by atoms with E-state index < -0.39 is 67.0 Å². The number of aromatic nitrogens is 3. The number of aliphatic carboxylic acids is 1. The second-order valence-electron chi connectivity index (χ2n) is 43.8. The number of benzene rings is 6. The first-order valence-electron chi connectivity index (χ1n) is 50.1. The molecule has 0 radical (unpaired) electrons. The molecule has 0 aliphatic heterocycles. The van der Waals surface area contributed by atoms with E-state index in [9.17, 15) is 43.2 Å². The summed E-state index contributed by atoms with van der Waals surface area (Å²) in [5.74, 6) is 0.426. The fourth-order valence-electron chi connectivity index (χ4n) is 13.5. The number of carbonyl (C=O) groups is 9. The van der Waals surface area contributed by atoms with E-state index in [1.165, 1.54) is 58.3 Å². The van der Waals surface area contributed by atoms with E-state index in [4.69, 9.17) is 69.2 Å². The Morgan fingerprint density at radius 1 is 0.354 bits per heavy atom. The van der Waals surface area contributed by atoms with Gasteiger partial charge >= 0.3 is 42.0 Å². The second-order valence-corrected chi connectivity index (χ2v) is 60.6. The first kappa shape index (κ1) is 128. The molecule has 9 rings (SSSR count). The number of thiazole rings is 3. The van der Waals surface area contributed by atoms with Crippen molar-refractivity contribution in [1.82, 2.24) is 45.6 Å². The third-order valence-corrected chi connectivity index (χ3v) is 42.8. The van der Waals surface area contributed by atoms with Crippen molar-refractivity contribution in [3.63, 3.8) is 0 Å². The lowest BCUT2D eigenvalue weighted by Gasteiger charge is -2.36. The van der Waals surface area contributed by atoms with Gasteiger partial charge in [0, 0.05) is 66.9 Å². The number of aryl methyl sites for hydroxylation is 1. The summed E-state index contributed by atoms with van der Waals surface area (Å²) in [4.78, 5) is 125. The zero-order chi connectivity index (χ0) is 111. The Bertz CT molecular complexity index is 5360. The summed E-state index contributed by atoms with van der Waals surface area (Å²) in [5.41, 5.74) is 21.0. The van der Waals surface area contributed by atoms with Gasteiger partial charge in [-0.05, 0) is 212 Å². The number of carboxylic acid groups (broad SMARTS) is 1. The third-order valence-electron chi connectivity index (χ3n) is 26.4. The molecule has 0 saturated heterocycles. The van der Waals surface area contributed by atoms with Crippen molar-refractivity contribution in [2.75, 3.05) is 42.5 Å². The Balaban J connectivity index is 0.000000382. The van der Waals surface area contributed by atoms with Gasteiger partial charge in [0.15, 0.2) is 0 Å². The minimum atomic E-state index is -1.85. The molecule has 0 saturated carbocycles. The number of methoxy groups -OCH3 is 3. The summed E-state index contributed by atoms with van der Waals surface area (Å²) >= 11 is 4.84. The number of aromatic hydroxyl groups is 2. The first-order valence-corrected chi connectivity index (χ1v) is 61.5. The minimum absolute atomic E-state index is 0.0618. The summed E-state index contributed by atoms with van der Waals surface area (Å²) in [7, 11) is 3.55. The fourth-order valence-corrected chi connectivity index (χ4v) is 19.2. The smallest absolute Gasteiger partial charge is 0.328 e. The van der Waals surface area contributed by atoms with Gasteiger partial charge in [-0.2, -0.15) is 0 Å². The molecule has 10 N–H and O–H groups in total. The van der Waals surface area contributed by atoms with Crippen molar-refractivity contribution in [3.05, 3.63) is 233 Å². The van der Waals surface area contributed by atoms with Crippen LogP contribution in [0.1, 0.15) is 234 Å². The quantitative estimate of drug-likeness (QED) is 0.0101. The summed E-state index contributed by atoms with van der Waals surface area (Å²) in [6.07, 6.45) is 4.47. The van der Waals surface area contributed by atoms with Crippen LogP contribution in [0.15, 0.2) is 162 Å². The van der Waals surface area contributed by atoms with Gasteiger partial charge in [-0.3, -0.25) is 14.4 Å². The van der Waals surface area contributed by atoms with Gasteiger partial charge in [-0.25, -0.2) is 43.7 Å². The average molecular weight is 2140 g/mol. The van der Waals surface area contributed by atoms with E-state index in [2.05, 4.69) is 218 Å². The molecule has 0 fully saturated rings. The highest BCUT2D eigenvalue weighted by atomic mass is 32.1. The highest BCUT2D eigenvalue weighted by Gasteiger charge is 2.42. The number of ether oxygens (including phenoxy) is 3. The molecular weight excluding hydrogens is 1970 g/mol. The topological polar surface area (TPSA) is 406 Å². The van der Waals surface area contributed by atoms with Crippen LogP contribution in [0.3, 0.4) is 0 Å². The zero-order valence-electron chi connectivity index (χ0n) is 93.4. The van der Waals surface area contributed by atoms with Crippen LogP contribution in [0.25, 0.3) is 0 Å². The number of carboxylic acids is 1. The number of phenols is 2.